The van der Waals surface area contributed by atoms with E-state index in [0.717, 1.165) is 31.0 Å². The highest BCUT2D eigenvalue weighted by molar-refractivity contribution is 5.42. The summed E-state index contributed by atoms with van der Waals surface area (Å²) in [7, 11) is 3.29. The van der Waals surface area contributed by atoms with E-state index in [1.54, 1.807) is 20.3 Å². The fourth-order valence-corrected chi connectivity index (χ4v) is 1.60. The Bertz CT molecular complexity index is 399. The summed E-state index contributed by atoms with van der Waals surface area (Å²) in [4.78, 5) is 0. The van der Waals surface area contributed by atoms with E-state index in [9.17, 15) is 0 Å². The number of hydrogen-bond acceptors (Lipinski definition) is 3. The first-order valence-electron chi connectivity index (χ1n) is 6.01. The van der Waals surface area contributed by atoms with Gasteiger partial charge < -0.3 is 14.8 Å². The molecule has 3 nitrogen and oxygen atoms in total. The van der Waals surface area contributed by atoms with Crippen LogP contribution in [0.3, 0.4) is 0 Å². The maximum Gasteiger partial charge on any atom is 0.161 e. The van der Waals surface area contributed by atoms with Gasteiger partial charge in [-0.1, -0.05) is 30.9 Å². The number of nitrogens with one attached hydrogen (secondary N) is 1. The summed E-state index contributed by atoms with van der Waals surface area (Å²) >= 11 is 0. The minimum atomic E-state index is 0.759. The van der Waals surface area contributed by atoms with Crippen LogP contribution in [0.25, 0.3) is 0 Å². The highest BCUT2D eigenvalue weighted by Gasteiger charge is 2.03. The highest BCUT2D eigenvalue weighted by atomic mass is 16.5. The van der Waals surface area contributed by atoms with Gasteiger partial charge in [-0.2, -0.15) is 0 Å². The van der Waals surface area contributed by atoms with Crippen LogP contribution in [0.1, 0.15) is 12.0 Å². The first-order chi connectivity index (χ1) is 8.81. The van der Waals surface area contributed by atoms with Crippen LogP contribution in [0.5, 0.6) is 11.5 Å². The zero-order chi connectivity index (χ0) is 13.2. The third kappa shape index (κ3) is 4.63. The van der Waals surface area contributed by atoms with E-state index >= 15 is 0 Å². The van der Waals surface area contributed by atoms with Gasteiger partial charge in [0.2, 0.25) is 0 Å². The molecular formula is C15H21NO2. The Morgan fingerprint density at radius 1 is 1.22 bits per heavy atom. The van der Waals surface area contributed by atoms with Crippen molar-refractivity contribution in [3.8, 4) is 11.5 Å². The molecular weight excluding hydrogens is 226 g/mol. The van der Waals surface area contributed by atoms with E-state index in [1.165, 1.54) is 5.56 Å². The fraction of sp³-hybridized carbons (Fsp3) is 0.333. The van der Waals surface area contributed by atoms with Gasteiger partial charge in [-0.3, -0.25) is 0 Å². The van der Waals surface area contributed by atoms with Gasteiger partial charge in [0.15, 0.2) is 11.5 Å². The molecule has 0 bridgehead atoms. The minimum Gasteiger partial charge on any atom is -0.493 e. The summed E-state index contributed by atoms with van der Waals surface area (Å²) in [6.45, 7) is 5.39. The second-order valence-corrected chi connectivity index (χ2v) is 3.82. The average molecular weight is 247 g/mol. The molecule has 0 saturated carbocycles. The summed E-state index contributed by atoms with van der Waals surface area (Å²) in [5.74, 6) is 1.53. The Morgan fingerprint density at radius 3 is 2.67 bits per heavy atom. The molecule has 1 rings (SSSR count). The molecule has 3 heteroatoms. The van der Waals surface area contributed by atoms with Gasteiger partial charge in [0.25, 0.3) is 0 Å². The molecule has 0 amide bonds. The summed E-state index contributed by atoms with van der Waals surface area (Å²) in [5, 5.41) is 3.37. The lowest BCUT2D eigenvalue weighted by Gasteiger charge is -2.10. The Hall–Kier alpha value is -1.74. The third-order valence-corrected chi connectivity index (χ3v) is 2.54. The van der Waals surface area contributed by atoms with Crippen molar-refractivity contribution in [2.75, 3.05) is 20.8 Å². The molecule has 1 aromatic carbocycles. The summed E-state index contributed by atoms with van der Waals surface area (Å²) < 4.78 is 10.5. The van der Waals surface area contributed by atoms with Gasteiger partial charge in [0, 0.05) is 6.54 Å². The zero-order valence-electron chi connectivity index (χ0n) is 11.1. The monoisotopic (exact) mass is 247 g/mol. The molecule has 0 saturated heterocycles. The van der Waals surface area contributed by atoms with Crippen LogP contribution >= 0.6 is 0 Å². The lowest BCUT2D eigenvalue weighted by Crippen LogP contribution is -2.14. The molecule has 0 fully saturated rings. The van der Waals surface area contributed by atoms with Crippen molar-refractivity contribution in [2.45, 2.75) is 13.0 Å². The van der Waals surface area contributed by atoms with E-state index in [0.29, 0.717) is 0 Å². The third-order valence-electron chi connectivity index (χ3n) is 2.54. The lowest BCUT2D eigenvalue weighted by molar-refractivity contribution is 0.354. The number of rotatable bonds is 8. The molecule has 0 aliphatic rings. The van der Waals surface area contributed by atoms with Crippen molar-refractivity contribution in [1.29, 1.82) is 0 Å². The summed E-state index contributed by atoms with van der Waals surface area (Å²) in [5.41, 5.74) is 1.18. The topological polar surface area (TPSA) is 30.5 Å². The second-order valence-electron chi connectivity index (χ2n) is 3.82. The van der Waals surface area contributed by atoms with Crippen molar-refractivity contribution in [1.82, 2.24) is 5.32 Å². The predicted molar refractivity (Wildman–Crippen MR) is 75.2 cm³/mol. The largest absolute Gasteiger partial charge is 0.493 e. The Labute approximate surface area is 109 Å². The van der Waals surface area contributed by atoms with Gasteiger partial charge in [0.1, 0.15) is 0 Å². The van der Waals surface area contributed by atoms with Crippen molar-refractivity contribution >= 4 is 0 Å². The zero-order valence-corrected chi connectivity index (χ0v) is 11.1. The van der Waals surface area contributed by atoms with Crippen LogP contribution in [0.2, 0.25) is 0 Å². The highest BCUT2D eigenvalue weighted by Crippen LogP contribution is 2.27. The van der Waals surface area contributed by atoms with E-state index in [-0.39, 0.29) is 0 Å². The normalized spacial score (nSPS) is 10.6. The van der Waals surface area contributed by atoms with Crippen molar-refractivity contribution in [3.05, 3.63) is 48.6 Å². The maximum absolute atomic E-state index is 5.26. The predicted octanol–water partition coefficient (Wildman–Crippen LogP) is 2.93. The molecule has 0 aromatic heterocycles. The SMILES string of the molecule is C=CC=CCCNCc1ccc(OC)c(OC)c1. The molecule has 0 unspecified atom stereocenters. The standard InChI is InChI=1S/C15H21NO2/c1-4-5-6-7-10-16-12-13-8-9-14(17-2)15(11-13)18-3/h4-6,8-9,11,16H,1,7,10,12H2,2-3H3. The molecule has 0 aliphatic heterocycles. The number of allylic oxidation sites excluding steroid dienone is 2. The van der Waals surface area contributed by atoms with Crippen LogP contribution in [-0.2, 0) is 6.54 Å². The molecule has 0 atom stereocenters. The number of methoxy groups -OCH3 is 2. The van der Waals surface area contributed by atoms with E-state index in [2.05, 4.69) is 18.0 Å². The molecule has 0 spiro atoms. The van der Waals surface area contributed by atoms with E-state index in [1.807, 2.05) is 24.3 Å². The quantitative estimate of drug-likeness (QED) is 0.566. The van der Waals surface area contributed by atoms with Crippen LogP contribution in [0.15, 0.2) is 43.0 Å². The smallest absolute Gasteiger partial charge is 0.161 e. The van der Waals surface area contributed by atoms with E-state index < -0.39 is 0 Å². The fourth-order valence-electron chi connectivity index (χ4n) is 1.60. The number of benzene rings is 1. The van der Waals surface area contributed by atoms with Crippen molar-refractivity contribution in [2.24, 2.45) is 0 Å². The Balaban J connectivity index is 2.42. The maximum atomic E-state index is 5.26. The number of hydrogen-bond donors (Lipinski definition) is 1. The van der Waals surface area contributed by atoms with Crippen LogP contribution in [0.4, 0.5) is 0 Å². The molecule has 18 heavy (non-hydrogen) atoms. The van der Waals surface area contributed by atoms with Crippen molar-refractivity contribution in [3.63, 3.8) is 0 Å². The molecule has 98 valence electrons. The molecule has 1 aromatic rings. The van der Waals surface area contributed by atoms with Gasteiger partial charge >= 0.3 is 0 Å². The molecule has 0 aliphatic carbocycles. The minimum absolute atomic E-state index is 0.759. The molecule has 0 radical (unpaired) electrons. The van der Waals surface area contributed by atoms with Gasteiger partial charge in [0.05, 0.1) is 14.2 Å². The lowest BCUT2D eigenvalue weighted by atomic mass is 10.2. The Kier molecular flexibility index (Phi) is 6.66. The molecule has 1 N–H and O–H groups in total. The average Bonchev–Trinajstić information content (AvgIpc) is 2.42. The first kappa shape index (κ1) is 14.3. The van der Waals surface area contributed by atoms with Crippen LogP contribution in [-0.4, -0.2) is 20.8 Å². The first-order valence-corrected chi connectivity index (χ1v) is 6.01. The Morgan fingerprint density at radius 2 is 2.00 bits per heavy atom. The summed E-state index contributed by atoms with van der Waals surface area (Å²) in [6, 6.07) is 5.95. The van der Waals surface area contributed by atoms with Gasteiger partial charge in [-0.05, 0) is 30.7 Å². The van der Waals surface area contributed by atoms with Gasteiger partial charge in [-0.25, -0.2) is 0 Å². The van der Waals surface area contributed by atoms with Crippen LogP contribution < -0.4 is 14.8 Å². The van der Waals surface area contributed by atoms with Crippen molar-refractivity contribution < 1.29 is 9.47 Å². The molecule has 0 heterocycles. The van der Waals surface area contributed by atoms with E-state index in [4.69, 9.17) is 9.47 Å². The number of ether oxygens (including phenoxy) is 2. The second kappa shape index (κ2) is 8.37. The van der Waals surface area contributed by atoms with Crippen LogP contribution in [0, 0.1) is 0 Å². The summed E-state index contributed by atoms with van der Waals surface area (Å²) in [6.07, 6.45) is 6.83. The van der Waals surface area contributed by atoms with Gasteiger partial charge in [-0.15, -0.1) is 0 Å².